The molecule has 2 aromatic carbocycles. The summed E-state index contributed by atoms with van der Waals surface area (Å²) >= 11 is 5.89. The molecule has 0 aliphatic carbocycles. The van der Waals surface area contributed by atoms with Crippen LogP contribution in [-0.4, -0.2) is 8.42 Å². The van der Waals surface area contributed by atoms with E-state index in [2.05, 4.69) is 11.6 Å². The zero-order chi connectivity index (χ0) is 16.0. The van der Waals surface area contributed by atoms with E-state index in [-0.39, 0.29) is 11.4 Å². The minimum Gasteiger partial charge on any atom is -0.207 e. The molecule has 0 bridgehead atoms. The summed E-state index contributed by atoms with van der Waals surface area (Å²) in [6.07, 6.45) is 3.22. The molecule has 5 heteroatoms. The number of halogens is 1. The molecule has 0 heterocycles. The Balaban J connectivity index is 2.03. The number of rotatable bonds is 7. The van der Waals surface area contributed by atoms with E-state index in [9.17, 15) is 8.42 Å². The largest absolute Gasteiger partial charge is 0.240 e. The molecule has 0 saturated carbocycles. The van der Waals surface area contributed by atoms with Crippen molar-refractivity contribution < 1.29 is 8.42 Å². The van der Waals surface area contributed by atoms with Gasteiger partial charge in [-0.1, -0.05) is 49.2 Å². The van der Waals surface area contributed by atoms with Crippen molar-refractivity contribution in [3.05, 3.63) is 64.7 Å². The van der Waals surface area contributed by atoms with E-state index in [1.165, 1.54) is 0 Å². The molecule has 0 amide bonds. The third kappa shape index (κ3) is 4.83. The Hall–Kier alpha value is -1.36. The Morgan fingerprint density at radius 2 is 1.77 bits per heavy atom. The molecule has 0 radical (unpaired) electrons. The van der Waals surface area contributed by atoms with Gasteiger partial charge in [0.15, 0.2) is 0 Å². The van der Waals surface area contributed by atoms with Crippen LogP contribution in [0.2, 0.25) is 5.02 Å². The first kappa shape index (κ1) is 17.0. The Bertz CT molecular complexity index is 712. The minimum absolute atomic E-state index is 0.223. The third-order valence-corrected chi connectivity index (χ3v) is 5.06. The predicted molar refractivity (Wildman–Crippen MR) is 90.5 cm³/mol. The molecule has 22 heavy (non-hydrogen) atoms. The molecule has 0 unspecified atom stereocenters. The summed E-state index contributed by atoms with van der Waals surface area (Å²) in [5.74, 6) is 0. The van der Waals surface area contributed by atoms with E-state index in [1.54, 1.807) is 30.3 Å². The van der Waals surface area contributed by atoms with Crippen LogP contribution in [0.1, 0.15) is 30.9 Å². The van der Waals surface area contributed by atoms with Crippen LogP contribution in [0.25, 0.3) is 0 Å². The first-order valence-corrected chi connectivity index (χ1v) is 9.20. The minimum atomic E-state index is -3.50. The second-order valence-electron chi connectivity index (χ2n) is 5.20. The summed E-state index contributed by atoms with van der Waals surface area (Å²) in [6, 6.07) is 14.2. The van der Waals surface area contributed by atoms with E-state index in [1.807, 2.05) is 18.2 Å². The first-order valence-electron chi connectivity index (χ1n) is 7.34. The van der Waals surface area contributed by atoms with Gasteiger partial charge >= 0.3 is 0 Å². The smallest absolute Gasteiger partial charge is 0.207 e. The summed E-state index contributed by atoms with van der Waals surface area (Å²) < 4.78 is 27.1. The molecule has 0 aliphatic heterocycles. The molecule has 0 aromatic heterocycles. The highest BCUT2D eigenvalue weighted by molar-refractivity contribution is 7.89. The first-order chi connectivity index (χ1) is 10.5. The fourth-order valence-electron chi connectivity index (χ4n) is 2.12. The Morgan fingerprint density at radius 3 is 2.41 bits per heavy atom. The van der Waals surface area contributed by atoms with Crippen LogP contribution < -0.4 is 4.72 Å². The molecule has 0 fully saturated rings. The van der Waals surface area contributed by atoms with E-state index in [4.69, 9.17) is 11.6 Å². The van der Waals surface area contributed by atoms with Crippen LogP contribution in [0.4, 0.5) is 0 Å². The highest BCUT2D eigenvalue weighted by Crippen LogP contribution is 2.14. The number of hydrogen-bond donors (Lipinski definition) is 1. The highest BCUT2D eigenvalue weighted by Gasteiger charge is 2.13. The molecule has 3 nitrogen and oxygen atoms in total. The average molecular weight is 338 g/mol. The summed E-state index contributed by atoms with van der Waals surface area (Å²) in [5.41, 5.74) is 1.99. The fraction of sp³-hybridized carbons (Fsp3) is 0.294. The van der Waals surface area contributed by atoms with Gasteiger partial charge in [-0.2, -0.15) is 0 Å². The van der Waals surface area contributed by atoms with Crippen molar-refractivity contribution in [2.45, 2.75) is 37.6 Å². The molecule has 2 rings (SSSR count). The van der Waals surface area contributed by atoms with Gasteiger partial charge in [-0.3, -0.25) is 0 Å². The van der Waals surface area contributed by atoms with Gasteiger partial charge in [-0.05, 0) is 48.2 Å². The summed E-state index contributed by atoms with van der Waals surface area (Å²) in [4.78, 5) is 0.287. The normalized spacial score (nSPS) is 11.5. The number of aryl methyl sites for hydroxylation is 1. The number of nitrogens with one attached hydrogen (secondary N) is 1. The van der Waals surface area contributed by atoms with Crippen LogP contribution >= 0.6 is 11.6 Å². The van der Waals surface area contributed by atoms with Crippen molar-refractivity contribution >= 4 is 21.6 Å². The van der Waals surface area contributed by atoms with E-state index < -0.39 is 10.0 Å². The number of sulfonamides is 1. The second-order valence-corrected chi connectivity index (χ2v) is 7.41. The monoisotopic (exact) mass is 337 g/mol. The maximum atomic E-state index is 12.3. The second kappa shape index (κ2) is 7.77. The lowest BCUT2D eigenvalue weighted by atomic mass is 10.1. The van der Waals surface area contributed by atoms with Crippen molar-refractivity contribution in [3.8, 4) is 0 Å². The lowest BCUT2D eigenvalue weighted by Gasteiger charge is -2.08. The molecule has 1 N–H and O–H groups in total. The van der Waals surface area contributed by atoms with Gasteiger partial charge in [-0.15, -0.1) is 0 Å². The van der Waals surface area contributed by atoms with Gasteiger partial charge in [0.25, 0.3) is 0 Å². The van der Waals surface area contributed by atoms with E-state index >= 15 is 0 Å². The zero-order valence-electron chi connectivity index (χ0n) is 12.5. The topological polar surface area (TPSA) is 46.2 Å². The Labute approximate surface area is 137 Å². The van der Waals surface area contributed by atoms with Crippen LogP contribution in [0.5, 0.6) is 0 Å². The summed E-state index contributed by atoms with van der Waals surface area (Å²) in [5, 5.41) is 0.594. The van der Waals surface area contributed by atoms with Crippen molar-refractivity contribution in [2.75, 3.05) is 0 Å². The zero-order valence-corrected chi connectivity index (χ0v) is 14.1. The van der Waals surface area contributed by atoms with Gasteiger partial charge in [0, 0.05) is 11.6 Å². The molecule has 0 atom stereocenters. The maximum Gasteiger partial charge on any atom is 0.240 e. The average Bonchev–Trinajstić information content (AvgIpc) is 2.52. The summed E-state index contributed by atoms with van der Waals surface area (Å²) in [7, 11) is -3.50. The van der Waals surface area contributed by atoms with Crippen LogP contribution in [0.15, 0.2) is 53.4 Å². The Morgan fingerprint density at radius 1 is 1.05 bits per heavy atom. The number of hydrogen-bond acceptors (Lipinski definition) is 2. The van der Waals surface area contributed by atoms with Crippen LogP contribution in [-0.2, 0) is 23.0 Å². The van der Waals surface area contributed by atoms with Gasteiger partial charge in [0.1, 0.15) is 0 Å². The SMILES string of the molecule is CCCCc1ccc(S(=O)(=O)NCc2cccc(Cl)c2)cc1. The Kier molecular flexibility index (Phi) is 6.00. The lowest BCUT2D eigenvalue weighted by Crippen LogP contribution is -2.23. The number of benzene rings is 2. The van der Waals surface area contributed by atoms with Crippen molar-refractivity contribution in [1.82, 2.24) is 4.72 Å². The van der Waals surface area contributed by atoms with Crippen LogP contribution in [0.3, 0.4) is 0 Å². The van der Waals surface area contributed by atoms with Gasteiger partial charge in [0.2, 0.25) is 10.0 Å². The lowest BCUT2D eigenvalue weighted by molar-refractivity contribution is 0.581. The molecule has 2 aromatic rings. The molecule has 0 saturated heterocycles. The van der Waals surface area contributed by atoms with Gasteiger partial charge in [0.05, 0.1) is 4.90 Å². The predicted octanol–water partition coefficient (Wildman–Crippen LogP) is 4.16. The van der Waals surface area contributed by atoms with Crippen LogP contribution in [0, 0.1) is 0 Å². The fourth-order valence-corrected chi connectivity index (χ4v) is 3.36. The quantitative estimate of drug-likeness (QED) is 0.824. The van der Waals surface area contributed by atoms with Gasteiger partial charge < -0.3 is 0 Å². The standard InChI is InChI=1S/C17H20ClNO2S/c1-2-3-5-14-8-10-17(11-9-14)22(20,21)19-13-15-6-4-7-16(18)12-15/h4,6-12,19H,2-3,5,13H2,1H3. The third-order valence-electron chi connectivity index (χ3n) is 3.41. The molecular formula is C17H20ClNO2S. The summed E-state index contributed by atoms with van der Waals surface area (Å²) in [6.45, 7) is 2.36. The van der Waals surface area contributed by atoms with Gasteiger partial charge in [-0.25, -0.2) is 13.1 Å². The molecule has 0 aliphatic rings. The highest BCUT2D eigenvalue weighted by atomic mass is 35.5. The van der Waals surface area contributed by atoms with Crippen molar-refractivity contribution in [2.24, 2.45) is 0 Å². The van der Waals surface area contributed by atoms with Crippen molar-refractivity contribution in [1.29, 1.82) is 0 Å². The number of unbranched alkanes of at least 4 members (excludes halogenated alkanes) is 1. The maximum absolute atomic E-state index is 12.3. The van der Waals surface area contributed by atoms with E-state index in [0.29, 0.717) is 5.02 Å². The van der Waals surface area contributed by atoms with E-state index in [0.717, 1.165) is 30.4 Å². The molecule has 118 valence electrons. The molecule has 0 spiro atoms. The van der Waals surface area contributed by atoms with Crippen molar-refractivity contribution in [3.63, 3.8) is 0 Å². The molecular weight excluding hydrogens is 318 g/mol.